The Labute approximate surface area is 130 Å². The van der Waals surface area contributed by atoms with Gasteiger partial charge in [-0.3, -0.25) is 4.99 Å². The van der Waals surface area contributed by atoms with Crippen molar-refractivity contribution < 1.29 is 9.52 Å². The van der Waals surface area contributed by atoms with Crippen LogP contribution in [0.25, 0.3) is 11.3 Å². The zero-order valence-electron chi connectivity index (χ0n) is 11.0. The maximum atomic E-state index is 9.22. The molecule has 4 heteroatoms. The van der Waals surface area contributed by atoms with E-state index in [-0.39, 0.29) is 5.75 Å². The van der Waals surface area contributed by atoms with Crippen molar-refractivity contribution in [1.29, 1.82) is 0 Å². The lowest BCUT2D eigenvalue weighted by molar-refractivity contribution is 0.475. The SMILES string of the molecule is Oc1ccc(N=Cc2ccc(-c3ccccc3Br)o2)cc1. The molecule has 0 radical (unpaired) electrons. The zero-order chi connectivity index (χ0) is 14.7. The Bertz CT molecular complexity index is 775. The van der Waals surface area contributed by atoms with Crippen molar-refractivity contribution in [3.63, 3.8) is 0 Å². The molecular formula is C17H12BrNO2. The minimum Gasteiger partial charge on any atom is -0.508 e. The normalized spacial score (nSPS) is 11.1. The number of phenolic OH excluding ortho intramolecular Hbond substituents is 1. The van der Waals surface area contributed by atoms with E-state index in [0.717, 1.165) is 21.5 Å². The number of nitrogens with zero attached hydrogens (tertiary/aromatic N) is 1. The highest BCUT2D eigenvalue weighted by Gasteiger charge is 2.06. The Hall–Kier alpha value is -2.33. The molecule has 0 amide bonds. The van der Waals surface area contributed by atoms with Gasteiger partial charge >= 0.3 is 0 Å². The molecule has 2 aromatic carbocycles. The molecule has 1 aromatic heterocycles. The molecule has 1 heterocycles. The lowest BCUT2D eigenvalue weighted by Gasteiger charge is -1.99. The average Bonchev–Trinajstić information content (AvgIpc) is 2.96. The summed E-state index contributed by atoms with van der Waals surface area (Å²) in [7, 11) is 0. The summed E-state index contributed by atoms with van der Waals surface area (Å²) >= 11 is 3.51. The Balaban J connectivity index is 1.82. The van der Waals surface area contributed by atoms with Crippen LogP contribution in [-0.2, 0) is 0 Å². The van der Waals surface area contributed by atoms with Gasteiger partial charge in [0, 0.05) is 10.0 Å². The van der Waals surface area contributed by atoms with Gasteiger partial charge in [0.1, 0.15) is 17.3 Å². The number of hydrogen-bond donors (Lipinski definition) is 1. The topological polar surface area (TPSA) is 45.7 Å². The Kier molecular flexibility index (Phi) is 3.88. The van der Waals surface area contributed by atoms with Crippen LogP contribution in [0.1, 0.15) is 5.76 Å². The van der Waals surface area contributed by atoms with Crippen molar-refractivity contribution in [2.75, 3.05) is 0 Å². The lowest BCUT2D eigenvalue weighted by atomic mass is 10.2. The van der Waals surface area contributed by atoms with Crippen molar-refractivity contribution in [3.8, 4) is 17.1 Å². The third-order valence-electron chi connectivity index (χ3n) is 2.96. The highest BCUT2D eigenvalue weighted by molar-refractivity contribution is 9.10. The maximum absolute atomic E-state index is 9.22. The van der Waals surface area contributed by atoms with Crippen LogP contribution < -0.4 is 0 Å². The molecule has 0 atom stereocenters. The van der Waals surface area contributed by atoms with Gasteiger partial charge in [-0.15, -0.1) is 0 Å². The number of benzene rings is 2. The largest absolute Gasteiger partial charge is 0.508 e. The average molecular weight is 342 g/mol. The summed E-state index contributed by atoms with van der Waals surface area (Å²) in [6.45, 7) is 0. The first kappa shape index (κ1) is 13.6. The van der Waals surface area contributed by atoms with Gasteiger partial charge in [-0.2, -0.15) is 0 Å². The molecular weight excluding hydrogens is 330 g/mol. The van der Waals surface area contributed by atoms with Crippen molar-refractivity contribution in [2.24, 2.45) is 4.99 Å². The van der Waals surface area contributed by atoms with E-state index >= 15 is 0 Å². The van der Waals surface area contributed by atoms with Crippen LogP contribution in [0.3, 0.4) is 0 Å². The molecule has 0 aliphatic carbocycles. The number of halogens is 1. The Morgan fingerprint density at radius 2 is 1.71 bits per heavy atom. The van der Waals surface area contributed by atoms with Crippen LogP contribution in [0.5, 0.6) is 5.75 Å². The van der Waals surface area contributed by atoms with Gasteiger partial charge in [-0.1, -0.05) is 34.1 Å². The van der Waals surface area contributed by atoms with Gasteiger partial charge in [-0.05, 0) is 42.5 Å². The molecule has 3 rings (SSSR count). The lowest BCUT2D eigenvalue weighted by Crippen LogP contribution is -1.76. The number of aliphatic imine (C=N–C) groups is 1. The molecule has 0 fully saturated rings. The van der Waals surface area contributed by atoms with Crippen LogP contribution in [0.4, 0.5) is 5.69 Å². The smallest absolute Gasteiger partial charge is 0.145 e. The molecule has 21 heavy (non-hydrogen) atoms. The van der Waals surface area contributed by atoms with E-state index in [9.17, 15) is 5.11 Å². The third-order valence-corrected chi connectivity index (χ3v) is 3.65. The number of aromatic hydroxyl groups is 1. The fraction of sp³-hybridized carbons (Fsp3) is 0. The molecule has 0 unspecified atom stereocenters. The van der Waals surface area contributed by atoms with E-state index in [1.54, 1.807) is 30.5 Å². The molecule has 0 saturated heterocycles. The molecule has 104 valence electrons. The van der Waals surface area contributed by atoms with Crippen LogP contribution in [0.15, 0.2) is 74.5 Å². The molecule has 0 saturated carbocycles. The number of rotatable bonds is 3. The van der Waals surface area contributed by atoms with Crippen molar-refractivity contribution >= 4 is 27.8 Å². The summed E-state index contributed by atoms with van der Waals surface area (Å²) < 4.78 is 6.75. The monoisotopic (exact) mass is 341 g/mol. The Morgan fingerprint density at radius 3 is 2.48 bits per heavy atom. The summed E-state index contributed by atoms with van der Waals surface area (Å²) in [5.41, 5.74) is 1.76. The van der Waals surface area contributed by atoms with Gasteiger partial charge in [0.15, 0.2) is 0 Å². The molecule has 0 aliphatic heterocycles. The second kappa shape index (κ2) is 5.97. The molecule has 3 aromatic rings. The summed E-state index contributed by atoms with van der Waals surface area (Å²) in [6, 6.07) is 18.4. The van der Waals surface area contributed by atoms with Gasteiger partial charge in [-0.25, -0.2) is 0 Å². The highest BCUT2D eigenvalue weighted by atomic mass is 79.9. The first-order chi connectivity index (χ1) is 10.2. The van der Waals surface area contributed by atoms with Crippen LogP contribution in [-0.4, -0.2) is 11.3 Å². The van der Waals surface area contributed by atoms with Crippen molar-refractivity contribution in [2.45, 2.75) is 0 Å². The van der Waals surface area contributed by atoms with Gasteiger partial charge in [0.25, 0.3) is 0 Å². The van der Waals surface area contributed by atoms with Gasteiger partial charge in [0.2, 0.25) is 0 Å². The molecule has 0 spiro atoms. The van der Waals surface area contributed by atoms with E-state index in [0.29, 0.717) is 5.76 Å². The van der Waals surface area contributed by atoms with Crippen molar-refractivity contribution in [1.82, 2.24) is 0 Å². The van der Waals surface area contributed by atoms with Crippen LogP contribution in [0, 0.1) is 0 Å². The van der Waals surface area contributed by atoms with E-state index in [4.69, 9.17) is 4.42 Å². The van der Waals surface area contributed by atoms with E-state index < -0.39 is 0 Å². The number of furan rings is 1. The van der Waals surface area contributed by atoms with E-state index in [1.807, 2.05) is 36.4 Å². The first-order valence-electron chi connectivity index (χ1n) is 6.40. The molecule has 1 N–H and O–H groups in total. The van der Waals surface area contributed by atoms with Crippen LogP contribution >= 0.6 is 15.9 Å². The predicted octanol–water partition coefficient (Wildman–Crippen LogP) is 5.17. The van der Waals surface area contributed by atoms with Crippen molar-refractivity contribution in [3.05, 3.63) is 70.9 Å². The summed E-state index contributed by atoms with van der Waals surface area (Å²) in [4.78, 5) is 4.31. The fourth-order valence-corrected chi connectivity index (χ4v) is 2.39. The van der Waals surface area contributed by atoms with Gasteiger partial charge < -0.3 is 9.52 Å². The number of phenols is 1. The maximum Gasteiger partial charge on any atom is 0.145 e. The molecule has 0 bridgehead atoms. The Morgan fingerprint density at radius 1 is 0.952 bits per heavy atom. The number of hydrogen-bond acceptors (Lipinski definition) is 3. The van der Waals surface area contributed by atoms with Gasteiger partial charge in [0.05, 0.1) is 11.9 Å². The minimum atomic E-state index is 0.225. The molecule has 0 aliphatic rings. The standard InChI is InChI=1S/C17H12BrNO2/c18-16-4-2-1-3-15(16)17-10-9-14(21-17)11-19-12-5-7-13(20)8-6-12/h1-11,20H. The summed E-state index contributed by atoms with van der Waals surface area (Å²) in [5.74, 6) is 1.69. The molecule has 3 nitrogen and oxygen atoms in total. The fourth-order valence-electron chi connectivity index (χ4n) is 1.90. The predicted molar refractivity (Wildman–Crippen MR) is 87.2 cm³/mol. The third kappa shape index (κ3) is 3.23. The highest BCUT2D eigenvalue weighted by Crippen LogP contribution is 2.29. The van der Waals surface area contributed by atoms with E-state index in [2.05, 4.69) is 20.9 Å². The zero-order valence-corrected chi connectivity index (χ0v) is 12.6. The second-order valence-corrected chi connectivity index (χ2v) is 5.31. The second-order valence-electron chi connectivity index (χ2n) is 4.46. The van der Waals surface area contributed by atoms with E-state index in [1.165, 1.54) is 0 Å². The summed E-state index contributed by atoms with van der Waals surface area (Å²) in [5, 5.41) is 9.22. The summed E-state index contributed by atoms with van der Waals surface area (Å²) in [6.07, 6.45) is 1.66. The first-order valence-corrected chi connectivity index (χ1v) is 7.19. The quantitative estimate of drug-likeness (QED) is 0.668. The van der Waals surface area contributed by atoms with Crippen LogP contribution in [0.2, 0.25) is 0 Å². The minimum absolute atomic E-state index is 0.225.